The van der Waals surface area contributed by atoms with Gasteiger partial charge in [0.05, 0.1) is 26.2 Å². The summed E-state index contributed by atoms with van der Waals surface area (Å²) in [7, 11) is 0. The summed E-state index contributed by atoms with van der Waals surface area (Å²) in [5.74, 6) is 0. The number of aryl methyl sites for hydroxylation is 4. The van der Waals surface area contributed by atoms with Gasteiger partial charge in [0.1, 0.15) is 12.3 Å². The van der Waals surface area contributed by atoms with Crippen molar-refractivity contribution in [3.8, 4) is 0 Å². The van der Waals surface area contributed by atoms with Crippen molar-refractivity contribution in [2.45, 2.75) is 40.7 Å². The molecule has 3 heteroatoms. The molecule has 3 nitrogen and oxygen atoms in total. The molecule has 2 aromatic rings. The maximum absolute atomic E-state index is 11.1. The summed E-state index contributed by atoms with van der Waals surface area (Å²) in [5, 5.41) is 0. The van der Waals surface area contributed by atoms with Crippen molar-refractivity contribution in [1.29, 1.82) is 0 Å². The van der Waals surface area contributed by atoms with Crippen molar-refractivity contribution < 1.29 is 9.69 Å². The van der Waals surface area contributed by atoms with Gasteiger partial charge in [-0.05, 0) is 63.4 Å². The second-order valence-electron chi connectivity index (χ2n) is 7.85. The van der Waals surface area contributed by atoms with Crippen LogP contribution < -0.4 is 9.80 Å². The molecule has 0 saturated carbocycles. The molecule has 1 saturated heterocycles. The third kappa shape index (κ3) is 3.68. The molecule has 3 rings (SSSR count). The number of rotatable bonds is 4. The van der Waals surface area contributed by atoms with E-state index in [0.717, 1.165) is 38.0 Å². The molecule has 1 N–H and O–H groups in total. The van der Waals surface area contributed by atoms with Crippen LogP contribution in [0.4, 0.5) is 5.69 Å². The number of hydrogen-bond acceptors (Lipinski definition) is 2. The summed E-state index contributed by atoms with van der Waals surface area (Å²) in [6.45, 7) is 15.4. The lowest BCUT2D eigenvalue weighted by atomic mass is 9.98. The SMILES string of the molecule is Cc1ccc([C@H](C)[NH+]2CCN(c3c(C)cc(C=O)cc3C)CC2)c(C)c1. The average molecular weight is 352 g/mol. The summed E-state index contributed by atoms with van der Waals surface area (Å²) >= 11 is 0. The maximum Gasteiger partial charge on any atom is 0.150 e. The highest BCUT2D eigenvalue weighted by Crippen LogP contribution is 2.26. The first-order valence-electron chi connectivity index (χ1n) is 9.63. The molecular formula is C23H31N2O+. The summed E-state index contributed by atoms with van der Waals surface area (Å²) in [6, 6.07) is 11.4. The maximum atomic E-state index is 11.1. The van der Waals surface area contributed by atoms with Gasteiger partial charge in [-0.25, -0.2) is 0 Å². The molecule has 0 aliphatic carbocycles. The summed E-state index contributed by atoms with van der Waals surface area (Å²) in [4.78, 5) is 15.2. The van der Waals surface area contributed by atoms with Crippen molar-refractivity contribution in [2.24, 2.45) is 0 Å². The first-order valence-corrected chi connectivity index (χ1v) is 9.63. The zero-order valence-electron chi connectivity index (χ0n) is 16.7. The topological polar surface area (TPSA) is 24.8 Å². The molecule has 26 heavy (non-hydrogen) atoms. The standard InChI is InChI=1S/C23H30N2O/c1-16-6-7-22(17(2)12-16)20(5)24-8-10-25(11-9-24)23-18(3)13-21(15-26)14-19(23)4/h6-7,12-15,20H,8-11H2,1-5H3/p+1/t20-/m0/s1. The highest BCUT2D eigenvalue weighted by atomic mass is 16.1. The minimum atomic E-state index is 0.525. The van der Waals surface area contributed by atoms with Crippen molar-refractivity contribution in [2.75, 3.05) is 31.1 Å². The first kappa shape index (κ1) is 18.7. The minimum absolute atomic E-state index is 0.525. The number of piperazine rings is 1. The Morgan fingerprint density at radius 3 is 2.12 bits per heavy atom. The Balaban J connectivity index is 1.72. The van der Waals surface area contributed by atoms with Crippen molar-refractivity contribution in [3.05, 3.63) is 63.7 Å². The fourth-order valence-corrected chi connectivity index (χ4v) is 4.54. The van der Waals surface area contributed by atoms with Crippen LogP contribution in [0.15, 0.2) is 30.3 Å². The molecule has 1 heterocycles. The van der Waals surface area contributed by atoms with E-state index in [1.807, 2.05) is 12.1 Å². The smallest absolute Gasteiger partial charge is 0.150 e. The van der Waals surface area contributed by atoms with E-state index in [2.05, 4.69) is 57.7 Å². The number of aldehydes is 1. The fraction of sp³-hybridized carbons (Fsp3) is 0.435. The Kier molecular flexibility index (Phi) is 5.47. The van der Waals surface area contributed by atoms with Crippen LogP contribution in [0.3, 0.4) is 0 Å². The van der Waals surface area contributed by atoms with E-state index in [1.165, 1.54) is 33.5 Å². The molecule has 0 unspecified atom stereocenters. The van der Waals surface area contributed by atoms with Crippen LogP contribution in [0, 0.1) is 27.7 Å². The second-order valence-corrected chi connectivity index (χ2v) is 7.85. The zero-order valence-corrected chi connectivity index (χ0v) is 16.7. The summed E-state index contributed by atoms with van der Waals surface area (Å²) in [6.07, 6.45) is 0.942. The van der Waals surface area contributed by atoms with Crippen LogP contribution in [0.1, 0.15) is 51.1 Å². The zero-order chi connectivity index (χ0) is 18.8. The molecular weight excluding hydrogens is 320 g/mol. The molecule has 1 aliphatic rings. The average Bonchev–Trinajstić information content (AvgIpc) is 2.61. The van der Waals surface area contributed by atoms with Crippen LogP contribution in [0.2, 0.25) is 0 Å². The minimum Gasteiger partial charge on any atom is -0.360 e. The van der Waals surface area contributed by atoms with E-state index in [4.69, 9.17) is 0 Å². The summed E-state index contributed by atoms with van der Waals surface area (Å²) < 4.78 is 0. The van der Waals surface area contributed by atoms with E-state index in [0.29, 0.717) is 6.04 Å². The molecule has 0 amide bonds. The Hall–Kier alpha value is -2.13. The van der Waals surface area contributed by atoms with E-state index >= 15 is 0 Å². The number of carbonyl (C=O) groups excluding carboxylic acids is 1. The Morgan fingerprint density at radius 2 is 1.58 bits per heavy atom. The number of benzene rings is 2. The third-order valence-corrected chi connectivity index (χ3v) is 5.88. The predicted octanol–water partition coefficient (Wildman–Crippen LogP) is 3.20. The predicted molar refractivity (Wildman–Crippen MR) is 109 cm³/mol. The second kappa shape index (κ2) is 7.63. The van der Waals surface area contributed by atoms with Gasteiger partial charge in [0.25, 0.3) is 0 Å². The quantitative estimate of drug-likeness (QED) is 0.856. The van der Waals surface area contributed by atoms with Gasteiger partial charge < -0.3 is 9.80 Å². The highest BCUT2D eigenvalue weighted by molar-refractivity contribution is 5.78. The third-order valence-electron chi connectivity index (χ3n) is 5.88. The van der Waals surface area contributed by atoms with Gasteiger partial charge in [0.2, 0.25) is 0 Å². The van der Waals surface area contributed by atoms with Gasteiger partial charge in [-0.3, -0.25) is 4.79 Å². The molecule has 0 radical (unpaired) electrons. The number of anilines is 1. The number of carbonyl (C=O) groups is 1. The lowest BCUT2D eigenvalue weighted by molar-refractivity contribution is -0.930. The van der Waals surface area contributed by atoms with Crippen molar-refractivity contribution in [3.63, 3.8) is 0 Å². The van der Waals surface area contributed by atoms with Gasteiger partial charge in [-0.15, -0.1) is 0 Å². The first-order chi connectivity index (χ1) is 12.4. The van der Waals surface area contributed by atoms with Crippen molar-refractivity contribution in [1.82, 2.24) is 0 Å². The lowest BCUT2D eigenvalue weighted by Gasteiger charge is -2.38. The van der Waals surface area contributed by atoms with Crippen LogP contribution >= 0.6 is 0 Å². The lowest BCUT2D eigenvalue weighted by Crippen LogP contribution is -3.14. The monoisotopic (exact) mass is 351 g/mol. The molecule has 0 spiro atoms. The fourth-order valence-electron chi connectivity index (χ4n) is 4.54. The number of quaternary nitrogens is 1. The Morgan fingerprint density at radius 1 is 0.962 bits per heavy atom. The number of hydrogen-bond donors (Lipinski definition) is 1. The van der Waals surface area contributed by atoms with E-state index < -0.39 is 0 Å². The van der Waals surface area contributed by atoms with E-state index in [-0.39, 0.29) is 0 Å². The molecule has 0 aromatic heterocycles. The Labute approximate surface area is 157 Å². The van der Waals surface area contributed by atoms with E-state index in [9.17, 15) is 4.79 Å². The van der Waals surface area contributed by atoms with E-state index in [1.54, 1.807) is 4.90 Å². The summed E-state index contributed by atoms with van der Waals surface area (Å²) in [5.41, 5.74) is 8.72. The molecule has 138 valence electrons. The molecule has 1 atom stereocenters. The van der Waals surface area contributed by atoms with Gasteiger partial charge in [0, 0.05) is 16.8 Å². The van der Waals surface area contributed by atoms with Gasteiger partial charge in [-0.1, -0.05) is 23.8 Å². The molecule has 2 aromatic carbocycles. The van der Waals surface area contributed by atoms with Crippen molar-refractivity contribution >= 4 is 12.0 Å². The van der Waals surface area contributed by atoms with Gasteiger partial charge >= 0.3 is 0 Å². The molecule has 1 aliphatic heterocycles. The van der Waals surface area contributed by atoms with Crippen LogP contribution in [0.5, 0.6) is 0 Å². The molecule has 0 bridgehead atoms. The number of nitrogens with zero attached hydrogens (tertiary/aromatic N) is 1. The Bertz CT molecular complexity index is 781. The molecule has 1 fully saturated rings. The van der Waals surface area contributed by atoms with Crippen LogP contribution in [0.25, 0.3) is 0 Å². The largest absolute Gasteiger partial charge is 0.360 e. The number of nitrogens with one attached hydrogen (secondary N) is 1. The van der Waals surface area contributed by atoms with Gasteiger partial charge in [0.15, 0.2) is 0 Å². The normalized spacial score (nSPS) is 16.6. The van der Waals surface area contributed by atoms with Crippen LogP contribution in [-0.2, 0) is 0 Å². The highest BCUT2D eigenvalue weighted by Gasteiger charge is 2.27. The van der Waals surface area contributed by atoms with Gasteiger partial charge in [-0.2, -0.15) is 0 Å². The van der Waals surface area contributed by atoms with Crippen LogP contribution in [-0.4, -0.2) is 32.5 Å².